The predicted octanol–water partition coefficient (Wildman–Crippen LogP) is 3.24. The SMILES string of the molecule is O=C(NCc1cnn(-c2ccc(Cl)cc2)c1)c1cc(F)cc2c1CCNC2. The molecule has 138 valence electrons. The van der Waals surface area contributed by atoms with Gasteiger partial charge < -0.3 is 10.6 Å². The minimum atomic E-state index is -0.391. The molecule has 0 unspecified atom stereocenters. The van der Waals surface area contributed by atoms with E-state index in [-0.39, 0.29) is 5.91 Å². The molecule has 1 amide bonds. The Morgan fingerprint density at radius 3 is 2.93 bits per heavy atom. The van der Waals surface area contributed by atoms with Crippen molar-refractivity contribution in [2.24, 2.45) is 0 Å². The van der Waals surface area contributed by atoms with Gasteiger partial charge in [0.25, 0.3) is 5.91 Å². The van der Waals surface area contributed by atoms with Crippen molar-refractivity contribution in [3.8, 4) is 5.69 Å². The fourth-order valence-corrected chi connectivity index (χ4v) is 3.38. The number of aromatic nitrogens is 2. The highest BCUT2D eigenvalue weighted by molar-refractivity contribution is 6.30. The monoisotopic (exact) mass is 384 g/mol. The van der Waals surface area contributed by atoms with Crippen LogP contribution in [0.15, 0.2) is 48.8 Å². The van der Waals surface area contributed by atoms with Crippen LogP contribution in [0.1, 0.15) is 27.0 Å². The van der Waals surface area contributed by atoms with Crippen LogP contribution in [0.2, 0.25) is 5.02 Å². The lowest BCUT2D eigenvalue weighted by Gasteiger charge is -2.20. The predicted molar refractivity (Wildman–Crippen MR) is 102 cm³/mol. The van der Waals surface area contributed by atoms with Crippen LogP contribution in [-0.2, 0) is 19.5 Å². The van der Waals surface area contributed by atoms with Gasteiger partial charge in [0.1, 0.15) is 5.82 Å². The maximum absolute atomic E-state index is 13.9. The topological polar surface area (TPSA) is 59.0 Å². The van der Waals surface area contributed by atoms with Crippen LogP contribution in [0.4, 0.5) is 4.39 Å². The minimum Gasteiger partial charge on any atom is -0.348 e. The standard InChI is InChI=1S/C20H18ClFN4O/c21-15-1-3-17(4-2-15)26-12-13(10-25-26)9-24-20(27)19-8-16(22)7-14-11-23-6-5-18(14)19/h1-4,7-8,10,12,23H,5-6,9,11H2,(H,24,27). The van der Waals surface area contributed by atoms with Crippen molar-refractivity contribution in [3.05, 3.63) is 81.9 Å². The minimum absolute atomic E-state index is 0.271. The first-order valence-corrected chi connectivity index (χ1v) is 9.07. The maximum Gasteiger partial charge on any atom is 0.251 e. The second-order valence-corrected chi connectivity index (χ2v) is 6.91. The van der Waals surface area contributed by atoms with Gasteiger partial charge in [-0.05, 0) is 60.5 Å². The fraction of sp³-hybridized carbons (Fsp3) is 0.200. The number of carbonyl (C=O) groups excluding carboxylic acids is 1. The highest BCUT2D eigenvalue weighted by atomic mass is 35.5. The van der Waals surface area contributed by atoms with E-state index < -0.39 is 5.82 Å². The average molecular weight is 385 g/mol. The van der Waals surface area contributed by atoms with Gasteiger partial charge in [0, 0.05) is 35.4 Å². The molecule has 1 aliphatic heterocycles. The zero-order valence-electron chi connectivity index (χ0n) is 14.5. The van der Waals surface area contributed by atoms with Crippen molar-refractivity contribution in [2.75, 3.05) is 6.54 Å². The van der Waals surface area contributed by atoms with Crippen molar-refractivity contribution in [2.45, 2.75) is 19.5 Å². The van der Waals surface area contributed by atoms with E-state index in [4.69, 9.17) is 11.6 Å². The van der Waals surface area contributed by atoms with Gasteiger partial charge in [-0.2, -0.15) is 5.10 Å². The van der Waals surface area contributed by atoms with Crippen LogP contribution in [0.3, 0.4) is 0 Å². The number of hydrogen-bond acceptors (Lipinski definition) is 3. The molecule has 2 heterocycles. The Kier molecular flexibility index (Phi) is 4.92. The Hall–Kier alpha value is -2.70. The summed E-state index contributed by atoms with van der Waals surface area (Å²) < 4.78 is 15.6. The zero-order chi connectivity index (χ0) is 18.8. The molecule has 1 aliphatic rings. The molecule has 0 radical (unpaired) electrons. The van der Waals surface area contributed by atoms with E-state index in [2.05, 4.69) is 15.7 Å². The first-order chi connectivity index (χ1) is 13.1. The number of amides is 1. The lowest BCUT2D eigenvalue weighted by atomic mass is 9.94. The van der Waals surface area contributed by atoms with Crippen LogP contribution < -0.4 is 10.6 Å². The molecule has 1 aromatic heterocycles. The highest BCUT2D eigenvalue weighted by Gasteiger charge is 2.19. The van der Waals surface area contributed by atoms with Crippen molar-refractivity contribution >= 4 is 17.5 Å². The van der Waals surface area contributed by atoms with Crippen LogP contribution in [0.5, 0.6) is 0 Å². The number of nitrogens with zero attached hydrogens (tertiary/aromatic N) is 2. The van der Waals surface area contributed by atoms with Crippen LogP contribution in [0, 0.1) is 5.82 Å². The van der Waals surface area contributed by atoms with Crippen LogP contribution in [0.25, 0.3) is 5.69 Å². The normalized spacial score (nSPS) is 13.3. The molecule has 0 aliphatic carbocycles. The number of hydrogen-bond donors (Lipinski definition) is 2. The lowest BCUT2D eigenvalue weighted by Crippen LogP contribution is -2.29. The molecule has 0 saturated carbocycles. The van der Waals surface area contributed by atoms with Gasteiger partial charge in [-0.15, -0.1) is 0 Å². The van der Waals surface area contributed by atoms with Crippen molar-refractivity contribution in [3.63, 3.8) is 0 Å². The fourth-order valence-electron chi connectivity index (χ4n) is 3.25. The third-order valence-electron chi connectivity index (χ3n) is 4.60. The van der Waals surface area contributed by atoms with E-state index >= 15 is 0 Å². The second kappa shape index (κ2) is 7.50. The molecular formula is C20H18ClFN4O. The molecule has 7 heteroatoms. The van der Waals surface area contributed by atoms with E-state index in [0.29, 0.717) is 30.1 Å². The number of carbonyl (C=O) groups is 1. The van der Waals surface area contributed by atoms with E-state index in [9.17, 15) is 9.18 Å². The van der Waals surface area contributed by atoms with Crippen molar-refractivity contribution in [1.82, 2.24) is 20.4 Å². The van der Waals surface area contributed by atoms with E-state index in [1.807, 2.05) is 18.3 Å². The summed E-state index contributed by atoms with van der Waals surface area (Å²) in [5.41, 5.74) is 3.91. The van der Waals surface area contributed by atoms with E-state index in [1.165, 1.54) is 12.1 Å². The summed E-state index contributed by atoms with van der Waals surface area (Å²) in [7, 11) is 0. The molecule has 27 heavy (non-hydrogen) atoms. The van der Waals surface area contributed by atoms with Crippen molar-refractivity contribution < 1.29 is 9.18 Å². The Morgan fingerprint density at radius 2 is 2.11 bits per heavy atom. The summed E-state index contributed by atoms with van der Waals surface area (Å²) in [6, 6.07) is 10.1. The summed E-state index contributed by atoms with van der Waals surface area (Å²) in [5.74, 6) is -0.662. The number of fused-ring (bicyclic) bond motifs is 1. The molecule has 5 nitrogen and oxygen atoms in total. The number of halogens is 2. The van der Waals surface area contributed by atoms with Gasteiger partial charge in [-0.25, -0.2) is 9.07 Å². The molecule has 0 saturated heterocycles. The van der Waals surface area contributed by atoms with Gasteiger partial charge in [0.2, 0.25) is 0 Å². The second-order valence-electron chi connectivity index (χ2n) is 6.47. The largest absolute Gasteiger partial charge is 0.348 e. The molecule has 0 atom stereocenters. The molecule has 0 fully saturated rings. The third-order valence-corrected chi connectivity index (χ3v) is 4.85. The maximum atomic E-state index is 13.9. The smallest absolute Gasteiger partial charge is 0.251 e. The summed E-state index contributed by atoms with van der Waals surface area (Å²) in [6.45, 7) is 1.68. The van der Waals surface area contributed by atoms with Crippen LogP contribution in [-0.4, -0.2) is 22.2 Å². The first kappa shape index (κ1) is 17.7. The van der Waals surface area contributed by atoms with Gasteiger partial charge in [0.15, 0.2) is 0 Å². The van der Waals surface area contributed by atoms with E-state index in [0.717, 1.165) is 28.9 Å². The lowest BCUT2D eigenvalue weighted by molar-refractivity contribution is 0.0949. The quantitative estimate of drug-likeness (QED) is 0.726. The summed E-state index contributed by atoms with van der Waals surface area (Å²) in [4.78, 5) is 12.6. The molecule has 2 N–H and O–H groups in total. The summed E-state index contributed by atoms with van der Waals surface area (Å²) >= 11 is 5.90. The molecular weight excluding hydrogens is 367 g/mol. The first-order valence-electron chi connectivity index (χ1n) is 8.70. The summed E-state index contributed by atoms with van der Waals surface area (Å²) in [6.07, 6.45) is 4.25. The molecule has 0 bridgehead atoms. The number of rotatable bonds is 4. The van der Waals surface area contributed by atoms with Gasteiger partial charge >= 0.3 is 0 Å². The molecule has 4 rings (SSSR count). The number of nitrogens with one attached hydrogen (secondary N) is 2. The average Bonchev–Trinajstić information content (AvgIpc) is 3.15. The molecule has 0 spiro atoms. The molecule has 2 aromatic carbocycles. The van der Waals surface area contributed by atoms with E-state index in [1.54, 1.807) is 23.0 Å². The van der Waals surface area contributed by atoms with Gasteiger partial charge in [-0.1, -0.05) is 11.6 Å². The Balaban J connectivity index is 1.47. The van der Waals surface area contributed by atoms with Gasteiger partial charge in [0.05, 0.1) is 11.9 Å². The Labute approximate surface area is 161 Å². The van der Waals surface area contributed by atoms with Gasteiger partial charge in [-0.3, -0.25) is 4.79 Å². The van der Waals surface area contributed by atoms with Crippen molar-refractivity contribution in [1.29, 1.82) is 0 Å². The molecule has 3 aromatic rings. The van der Waals surface area contributed by atoms with Crippen LogP contribution >= 0.6 is 11.6 Å². The zero-order valence-corrected chi connectivity index (χ0v) is 15.3. The Morgan fingerprint density at radius 1 is 1.30 bits per heavy atom. The highest BCUT2D eigenvalue weighted by Crippen LogP contribution is 2.21. The Bertz CT molecular complexity index is 984. The summed E-state index contributed by atoms with van der Waals surface area (Å²) in [5, 5.41) is 11.0. The number of benzene rings is 2. The third kappa shape index (κ3) is 3.86.